The van der Waals surface area contributed by atoms with E-state index < -0.39 is 24.1 Å². The standard InChI is InChI=1S/C16H10F3NO2/c17-9-5-6-10(14(19)7-9)15-12(8-21)16(22-20-15)11-3-1-2-4-13(11)18/h1-7,21H,8H2. The van der Waals surface area contributed by atoms with Gasteiger partial charge in [-0.1, -0.05) is 17.3 Å². The van der Waals surface area contributed by atoms with E-state index in [9.17, 15) is 18.3 Å². The summed E-state index contributed by atoms with van der Waals surface area (Å²) in [5, 5.41) is 13.2. The molecule has 3 nitrogen and oxygen atoms in total. The summed E-state index contributed by atoms with van der Waals surface area (Å²) in [6.45, 7) is -0.528. The summed E-state index contributed by atoms with van der Waals surface area (Å²) in [6.07, 6.45) is 0. The highest BCUT2D eigenvalue weighted by Crippen LogP contribution is 2.34. The first-order chi connectivity index (χ1) is 10.6. The zero-order valence-corrected chi connectivity index (χ0v) is 11.2. The van der Waals surface area contributed by atoms with Gasteiger partial charge in [-0.3, -0.25) is 0 Å². The molecule has 112 valence electrons. The first-order valence-corrected chi connectivity index (χ1v) is 6.41. The second kappa shape index (κ2) is 5.65. The molecule has 0 spiro atoms. The van der Waals surface area contributed by atoms with Crippen LogP contribution in [0.2, 0.25) is 0 Å². The van der Waals surface area contributed by atoms with Gasteiger partial charge in [0.15, 0.2) is 5.76 Å². The van der Waals surface area contributed by atoms with Crippen LogP contribution in [0, 0.1) is 17.5 Å². The van der Waals surface area contributed by atoms with Gasteiger partial charge in [-0.2, -0.15) is 0 Å². The second-order valence-electron chi connectivity index (χ2n) is 4.60. The lowest BCUT2D eigenvalue weighted by Crippen LogP contribution is -1.93. The van der Waals surface area contributed by atoms with Gasteiger partial charge in [-0.05, 0) is 24.3 Å². The molecule has 22 heavy (non-hydrogen) atoms. The molecule has 0 aliphatic carbocycles. The van der Waals surface area contributed by atoms with Crippen molar-refractivity contribution in [3.63, 3.8) is 0 Å². The van der Waals surface area contributed by atoms with Gasteiger partial charge in [-0.15, -0.1) is 0 Å². The van der Waals surface area contributed by atoms with Crippen LogP contribution in [0.3, 0.4) is 0 Å². The molecule has 0 bridgehead atoms. The van der Waals surface area contributed by atoms with Gasteiger partial charge < -0.3 is 9.63 Å². The Bertz CT molecular complexity index is 830. The van der Waals surface area contributed by atoms with Crippen molar-refractivity contribution in [2.24, 2.45) is 0 Å². The fraction of sp³-hybridized carbons (Fsp3) is 0.0625. The third-order valence-electron chi connectivity index (χ3n) is 3.25. The van der Waals surface area contributed by atoms with Crippen LogP contribution >= 0.6 is 0 Å². The van der Waals surface area contributed by atoms with E-state index in [1.54, 1.807) is 6.07 Å². The number of hydrogen-bond acceptors (Lipinski definition) is 3. The van der Waals surface area contributed by atoms with Gasteiger partial charge in [0.05, 0.1) is 17.7 Å². The van der Waals surface area contributed by atoms with Gasteiger partial charge in [0.1, 0.15) is 23.1 Å². The summed E-state index contributed by atoms with van der Waals surface area (Å²) >= 11 is 0. The third kappa shape index (κ3) is 2.37. The summed E-state index contributed by atoms with van der Waals surface area (Å²) < 4.78 is 45.8. The van der Waals surface area contributed by atoms with Crippen molar-refractivity contribution >= 4 is 0 Å². The molecule has 1 N–H and O–H groups in total. The Morgan fingerprint density at radius 1 is 0.955 bits per heavy atom. The Morgan fingerprint density at radius 2 is 1.73 bits per heavy atom. The number of aliphatic hydroxyl groups excluding tert-OH is 1. The van der Waals surface area contributed by atoms with Crippen molar-refractivity contribution in [1.82, 2.24) is 5.16 Å². The molecule has 3 rings (SSSR count). The largest absolute Gasteiger partial charge is 0.391 e. The highest BCUT2D eigenvalue weighted by molar-refractivity contribution is 5.73. The molecule has 0 fully saturated rings. The highest BCUT2D eigenvalue weighted by Gasteiger charge is 2.22. The van der Waals surface area contributed by atoms with Gasteiger partial charge in [0, 0.05) is 11.6 Å². The lowest BCUT2D eigenvalue weighted by Gasteiger charge is -2.03. The molecule has 0 saturated carbocycles. The molecule has 0 amide bonds. The number of aromatic nitrogens is 1. The Kier molecular flexibility index (Phi) is 3.68. The van der Waals surface area contributed by atoms with E-state index in [4.69, 9.17) is 4.52 Å². The van der Waals surface area contributed by atoms with E-state index in [1.165, 1.54) is 24.3 Å². The van der Waals surface area contributed by atoms with Crippen LogP contribution in [0.1, 0.15) is 5.56 Å². The molecule has 2 aromatic carbocycles. The highest BCUT2D eigenvalue weighted by atomic mass is 19.1. The zero-order chi connectivity index (χ0) is 15.7. The summed E-state index contributed by atoms with van der Waals surface area (Å²) in [7, 11) is 0. The zero-order valence-electron chi connectivity index (χ0n) is 11.2. The number of rotatable bonds is 3. The van der Waals surface area contributed by atoms with Crippen LogP contribution in [0.25, 0.3) is 22.6 Å². The van der Waals surface area contributed by atoms with E-state index in [0.717, 1.165) is 6.07 Å². The SMILES string of the molecule is OCc1c(-c2ccc(F)cc2F)noc1-c1ccccc1F. The Morgan fingerprint density at radius 3 is 2.41 bits per heavy atom. The number of aliphatic hydroxyl groups is 1. The van der Waals surface area contributed by atoms with Gasteiger partial charge in [-0.25, -0.2) is 13.2 Å². The van der Waals surface area contributed by atoms with Crippen molar-refractivity contribution < 1.29 is 22.8 Å². The first kappa shape index (κ1) is 14.3. The average molecular weight is 305 g/mol. The van der Waals surface area contributed by atoms with Crippen LogP contribution in [0.5, 0.6) is 0 Å². The maximum absolute atomic E-state index is 13.9. The van der Waals surface area contributed by atoms with E-state index in [2.05, 4.69) is 5.16 Å². The maximum Gasteiger partial charge on any atom is 0.175 e. The van der Waals surface area contributed by atoms with Gasteiger partial charge >= 0.3 is 0 Å². The predicted octanol–water partition coefficient (Wildman–Crippen LogP) is 3.92. The summed E-state index contributed by atoms with van der Waals surface area (Å²) in [5.41, 5.74) is 0.221. The van der Waals surface area contributed by atoms with E-state index in [-0.39, 0.29) is 28.1 Å². The molecule has 3 aromatic rings. The lowest BCUT2D eigenvalue weighted by molar-refractivity contribution is 0.281. The average Bonchev–Trinajstić information content (AvgIpc) is 2.91. The Balaban J connectivity index is 2.18. The Labute approximate surface area is 123 Å². The fourth-order valence-corrected chi connectivity index (χ4v) is 2.21. The van der Waals surface area contributed by atoms with Crippen LogP contribution in [0.4, 0.5) is 13.2 Å². The molecular weight excluding hydrogens is 295 g/mol. The van der Waals surface area contributed by atoms with E-state index in [0.29, 0.717) is 6.07 Å². The summed E-state index contributed by atoms with van der Waals surface area (Å²) in [6, 6.07) is 8.75. The molecule has 0 aliphatic rings. The number of hydrogen-bond donors (Lipinski definition) is 1. The smallest absolute Gasteiger partial charge is 0.175 e. The van der Waals surface area contributed by atoms with Gasteiger partial charge in [0.25, 0.3) is 0 Å². The van der Waals surface area contributed by atoms with Crippen LogP contribution in [-0.2, 0) is 6.61 Å². The van der Waals surface area contributed by atoms with Crippen molar-refractivity contribution in [1.29, 1.82) is 0 Å². The molecule has 6 heteroatoms. The normalized spacial score (nSPS) is 10.9. The first-order valence-electron chi connectivity index (χ1n) is 6.41. The molecule has 0 aliphatic heterocycles. The molecule has 0 radical (unpaired) electrons. The topological polar surface area (TPSA) is 46.3 Å². The maximum atomic E-state index is 13.9. The van der Waals surface area contributed by atoms with E-state index in [1.807, 2.05) is 0 Å². The molecular formula is C16H10F3NO2. The molecule has 0 unspecified atom stereocenters. The molecule has 1 heterocycles. The van der Waals surface area contributed by atoms with E-state index >= 15 is 0 Å². The minimum absolute atomic E-state index is 0.0123. The number of benzene rings is 2. The third-order valence-corrected chi connectivity index (χ3v) is 3.25. The second-order valence-corrected chi connectivity index (χ2v) is 4.60. The number of halogens is 3. The Hall–Kier alpha value is -2.60. The van der Waals surface area contributed by atoms with Crippen molar-refractivity contribution in [3.8, 4) is 22.6 Å². The fourth-order valence-electron chi connectivity index (χ4n) is 2.21. The summed E-state index contributed by atoms with van der Waals surface area (Å²) in [4.78, 5) is 0. The molecule has 1 aromatic heterocycles. The van der Waals surface area contributed by atoms with Crippen molar-refractivity contribution in [3.05, 3.63) is 65.5 Å². The van der Waals surface area contributed by atoms with Crippen molar-refractivity contribution in [2.75, 3.05) is 0 Å². The van der Waals surface area contributed by atoms with Crippen LogP contribution in [-0.4, -0.2) is 10.3 Å². The molecule has 0 atom stereocenters. The minimum Gasteiger partial charge on any atom is -0.391 e. The quantitative estimate of drug-likeness (QED) is 0.798. The van der Waals surface area contributed by atoms with Crippen molar-refractivity contribution in [2.45, 2.75) is 6.61 Å². The monoisotopic (exact) mass is 305 g/mol. The molecule has 0 saturated heterocycles. The van der Waals surface area contributed by atoms with Gasteiger partial charge in [0.2, 0.25) is 0 Å². The van der Waals surface area contributed by atoms with Crippen LogP contribution in [0.15, 0.2) is 47.0 Å². The summed E-state index contributed by atoms with van der Waals surface area (Å²) in [5.74, 6) is -2.12. The lowest BCUT2D eigenvalue weighted by atomic mass is 10.0. The predicted molar refractivity (Wildman–Crippen MR) is 73.2 cm³/mol. The minimum atomic E-state index is -0.844. The van der Waals surface area contributed by atoms with Crippen LogP contribution < -0.4 is 0 Å². The number of nitrogens with zero attached hydrogens (tertiary/aromatic N) is 1.